The molecule has 38 heavy (non-hydrogen) atoms. The van der Waals surface area contributed by atoms with Crippen molar-refractivity contribution in [2.45, 2.75) is 51.0 Å². The first-order valence-corrected chi connectivity index (χ1v) is 13.7. The van der Waals surface area contributed by atoms with E-state index >= 15 is 0 Å². The van der Waals surface area contributed by atoms with Crippen molar-refractivity contribution in [1.82, 2.24) is 19.4 Å². The molecule has 2 saturated heterocycles. The highest BCUT2D eigenvalue weighted by Gasteiger charge is 2.37. The highest BCUT2D eigenvalue weighted by atomic mass is 35.5. The molecule has 3 heterocycles. The van der Waals surface area contributed by atoms with Gasteiger partial charge >= 0.3 is 6.18 Å². The number of aromatic nitrogens is 2. The second kappa shape index (κ2) is 10.8. The van der Waals surface area contributed by atoms with Crippen molar-refractivity contribution in [3.05, 3.63) is 57.6 Å². The van der Waals surface area contributed by atoms with Crippen LogP contribution in [0.2, 0.25) is 10.0 Å². The maximum absolute atomic E-state index is 14.2. The number of halogens is 6. The predicted molar refractivity (Wildman–Crippen MR) is 143 cm³/mol. The number of fused-ring (bicyclic) bond motifs is 1. The number of benzene rings is 2. The molecule has 0 saturated carbocycles. The summed E-state index contributed by atoms with van der Waals surface area (Å²) in [5.74, 6) is -1.19. The first-order valence-electron chi connectivity index (χ1n) is 12.9. The maximum atomic E-state index is 14.2. The van der Waals surface area contributed by atoms with Crippen LogP contribution in [-0.2, 0) is 19.8 Å². The summed E-state index contributed by atoms with van der Waals surface area (Å²) in [6.07, 6.45) is -1.56. The van der Waals surface area contributed by atoms with Crippen LogP contribution in [0.5, 0.6) is 0 Å². The molecule has 5 rings (SSSR count). The lowest BCUT2D eigenvalue weighted by Gasteiger charge is -2.48. The van der Waals surface area contributed by atoms with Gasteiger partial charge in [0.1, 0.15) is 5.82 Å². The van der Waals surface area contributed by atoms with Gasteiger partial charge in [-0.2, -0.15) is 13.2 Å². The fraction of sp³-hybridized carbons (Fsp3) is 0.519. The van der Waals surface area contributed by atoms with E-state index in [2.05, 4.69) is 26.6 Å². The van der Waals surface area contributed by atoms with Crippen LogP contribution in [0, 0.1) is 5.82 Å². The Bertz CT molecular complexity index is 1300. The molecule has 3 aromatic rings. The number of hydrogen-bond acceptors (Lipinski definition) is 4. The number of anilines is 1. The molecule has 1 aromatic heterocycles. The normalized spacial score (nSPS) is 20.5. The van der Waals surface area contributed by atoms with E-state index in [9.17, 15) is 17.6 Å². The Morgan fingerprint density at radius 1 is 1.03 bits per heavy atom. The molecule has 0 unspecified atom stereocenters. The number of imidazole rings is 1. The minimum absolute atomic E-state index is 0.240. The Labute approximate surface area is 229 Å². The lowest BCUT2D eigenvalue weighted by molar-refractivity contribution is -0.146. The Hall–Kier alpha value is -2.07. The van der Waals surface area contributed by atoms with Crippen LogP contribution in [0.4, 0.5) is 23.2 Å². The van der Waals surface area contributed by atoms with Crippen LogP contribution in [0.25, 0.3) is 11.0 Å². The lowest BCUT2D eigenvalue weighted by Crippen LogP contribution is -2.58. The molecule has 0 spiro atoms. The number of piperazine rings is 1. The Morgan fingerprint density at radius 3 is 2.42 bits per heavy atom. The minimum Gasteiger partial charge on any atom is -0.367 e. The van der Waals surface area contributed by atoms with E-state index in [-0.39, 0.29) is 11.3 Å². The van der Waals surface area contributed by atoms with Crippen molar-refractivity contribution < 1.29 is 17.6 Å². The summed E-state index contributed by atoms with van der Waals surface area (Å²) in [4.78, 5) is 10.8. The number of rotatable bonds is 5. The average molecular weight is 572 g/mol. The Morgan fingerprint density at radius 2 is 1.76 bits per heavy atom. The zero-order valence-electron chi connectivity index (χ0n) is 21.4. The van der Waals surface area contributed by atoms with Crippen LogP contribution in [0.1, 0.15) is 37.6 Å². The van der Waals surface area contributed by atoms with E-state index in [1.165, 1.54) is 19.2 Å². The number of alkyl halides is 3. The monoisotopic (exact) mass is 571 g/mol. The summed E-state index contributed by atoms with van der Waals surface area (Å²) in [7, 11) is 1.39. The number of piperidine rings is 1. The number of hydrogen-bond donors (Lipinski definition) is 0. The van der Waals surface area contributed by atoms with Crippen molar-refractivity contribution >= 4 is 39.9 Å². The van der Waals surface area contributed by atoms with E-state index in [0.717, 1.165) is 62.2 Å². The molecule has 2 aliphatic rings. The largest absolute Gasteiger partial charge is 0.449 e. The first-order chi connectivity index (χ1) is 18.0. The van der Waals surface area contributed by atoms with Gasteiger partial charge in [-0.1, -0.05) is 36.2 Å². The number of aryl methyl sites for hydroxylation is 1. The van der Waals surface area contributed by atoms with E-state index in [0.29, 0.717) is 39.8 Å². The van der Waals surface area contributed by atoms with E-state index in [4.69, 9.17) is 23.2 Å². The molecule has 5 nitrogen and oxygen atoms in total. The Kier molecular flexibility index (Phi) is 7.84. The summed E-state index contributed by atoms with van der Waals surface area (Å²) in [6, 6.07) is 8.86. The second-order valence-electron chi connectivity index (χ2n) is 10.3. The molecule has 2 fully saturated rings. The average Bonchev–Trinajstić information content (AvgIpc) is 3.21. The highest BCUT2D eigenvalue weighted by molar-refractivity contribution is 6.34. The summed E-state index contributed by atoms with van der Waals surface area (Å²) in [5.41, 5.74) is 2.06. The highest BCUT2D eigenvalue weighted by Crippen LogP contribution is 2.37. The van der Waals surface area contributed by atoms with Gasteiger partial charge in [-0.05, 0) is 56.6 Å². The van der Waals surface area contributed by atoms with Crippen molar-refractivity contribution in [3.8, 4) is 0 Å². The molecule has 11 heteroatoms. The van der Waals surface area contributed by atoms with Gasteiger partial charge in [-0.25, -0.2) is 9.37 Å². The molecule has 2 aromatic carbocycles. The van der Waals surface area contributed by atoms with Crippen molar-refractivity contribution in [3.63, 3.8) is 0 Å². The molecule has 0 N–H and O–H groups in total. The van der Waals surface area contributed by atoms with Gasteiger partial charge in [0.25, 0.3) is 0 Å². The van der Waals surface area contributed by atoms with Crippen molar-refractivity contribution in [1.29, 1.82) is 0 Å². The van der Waals surface area contributed by atoms with E-state index < -0.39 is 12.0 Å². The zero-order valence-corrected chi connectivity index (χ0v) is 22.9. The van der Waals surface area contributed by atoms with Gasteiger partial charge in [-0.15, -0.1) is 0 Å². The second-order valence-corrected chi connectivity index (χ2v) is 11.1. The molecule has 0 bridgehead atoms. The van der Waals surface area contributed by atoms with Gasteiger partial charge in [0.05, 0.1) is 21.7 Å². The molecule has 0 radical (unpaired) electrons. The van der Waals surface area contributed by atoms with Crippen LogP contribution >= 0.6 is 23.2 Å². The molecule has 206 valence electrons. The Balaban J connectivity index is 1.25. The van der Waals surface area contributed by atoms with Gasteiger partial charge < -0.3 is 9.47 Å². The van der Waals surface area contributed by atoms with Crippen molar-refractivity contribution in [2.24, 2.45) is 7.05 Å². The van der Waals surface area contributed by atoms with Gasteiger partial charge in [-0.3, -0.25) is 9.80 Å². The third kappa shape index (κ3) is 5.48. The summed E-state index contributed by atoms with van der Waals surface area (Å²) in [6.45, 7) is 6.88. The molecule has 1 atom stereocenters. The zero-order chi connectivity index (χ0) is 27.2. The summed E-state index contributed by atoms with van der Waals surface area (Å²) in [5, 5.41) is 0.817. The fourth-order valence-corrected chi connectivity index (χ4v) is 6.37. The first kappa shape index (κ1) is 27.5. The smallest absolute Gasteiger partial charge is 0.367 e. The molecular weight excluding hydrogens is 541 g/mol. The van der Waals surface area contributed by atoms with E-state index in [1.54, 1.807) is 18.2 Å². The van der Waals surface area contributed by atoms with Gasteiger partial charge in [0.15, 0.2) is 0 Å². The quantitative estimate of drug-likeness (QED) is 0.322. The fourth-order valence-electron chi connectivity index (χ4n) is 5.93. The molecule has 2 aliphatic heterocycles. The summed E-state index contributed by atoms with van der Waals surface area (Å²) >= 11 is 12.5. The predicted octanol–water partition coefficient (Wildman–Crippen LogP) is 6.60. The standard InChI is InChI=1S/C27H31Cl2F4N5/c1-3-19-16-37(24-14-25-23(13-21(24)29)34-26(35(25)2)27(31,32)33)10-11-38(19)20-6-8-36(9-7-20)15-17-4-5-18(28)12-22(17)30/h4-5,12-14,19-20H,3,6-11,15-16H2,1-2H3/t19-/m0/s1. The van der Waals surface area contributed by atoms with Crippen LogP contribution < -0.4 is 4.90 Å². The van der Waals surface area contributed by atoms with Crippen LogP contribution in [-0.4, -0.2) is 64.2 Å². The molecule has 0 aliphatic carbocycles. The third-order valence-electron chi connectivity index (χ3n) is 7.98. The van der Waals surface area contributed by atoms with E-state index in [1.807, 2.05) is 0 Å². The topological polar surface area (TPSA) is 27.5 Å². The summed E-state index contributed by atoms with van der Waals surface area (Å²) < 4.78 is 55.4. The third-order valence-corrected chi connectivity index (χ3v) is 8.52. The molecular formula is C27H31Cl2F4N5. The SMILES string of the molecule is CC[C@H]1CN(c2cc3c(cc2Cl)nc(C(F)(F)F)n3C)CCN1C1CCN(Cc2ccc(Cl)cc2F)CC1. The molecule has 0 amide bonds. The van der Waals surface area contributed by atoms with Gasteiger partial charge in [0.2, 0.25) is 5.82 Å². The minimum atomic E-state index is -4.53. The van der Waals surface area contributed by atoms with Crippen molar-refractivity contribution in [2.75, 3.05) is 37.6 Å². The lowest BCUT2D eigenvalue weighted by atomic mass is 9.97. The number of likely N-dealkylation sites (tertiary alicyclic amines) is 1. The van der Waals surface area contributed by atoms with Crippen LogP contribution in [0.15, 0.2) is 30.3 Å². The maximum Gasteiger partial charge on any atom is 0.449 e. The van der Waals surface area contributed by atoms with Gasteiger partial charge in [0, 0.05) is 55.9 Å². The number of nitrogens with zero attached hydrogens (tertiary/aromatic N) is 5. The van der Waals surface area contributed by atoms with Crippen LogP contribution in [0.3, 0.4) is 0 Å².